The molecule has 0 saturated heterocycles. The third-order valence-electron chi connectivity index (χ3n) is 4.15. The molecule has 2 aromatic carbocycles. The van der Waals surface area contributed by atoms with Gasteiger partial charge < -0.3 is 5.32 Å². The van der Waals surface area contributed by atoms with Gasteiger partial charge in [0, 0.05) is 17.5 Å². The van der Waals surface area contributed by atoms with E-state index in [-0.39, 0.29) is 22.4 Å². The maximum atomic E-state index is 13.0. The monoisotopic (exact) mass is 433 g/mol. The Morgan fingerprint density at radius 1 is 1.10 bits per heavy atom. The van der Waals surface area contributed by atoms with Gasteiger partial charge >= 0.3 is 0 Å². The number of rotatable bonds is 8. The summed E-state index contributed by atoms with van der Waals surface area (Å²) in [5, 5.41) is 4.72. The van der Waals surface area contributed by atoms with Crippen LogP contribution in [0.15, 0.2) is 58.8 Å². The first-order valence-electron chi connectivity index (χ1n) is 8.97. The number of carbonyl (C=O) groups excluding carboxylic acids is 1. The van der Waals surface area contributed by atoms with Crippen LogP contribution in [0.4, 0.5) is 15.2 Å². The fourth-order valence-corrected chi connectivity index (χ4v) is 4.54. The number of amides is 1. The molecule has 0 spiro atoms. The summed E-state index contributed by atoms with van der Waals surface area (Å²) in [7, 11) is -3.84. The number of hydrogen-bond acceptors (Lipinski definition) is 5. The quantitative estimate of drug-likeness (QED) is 0.557. The number of benzene rings is 2. The second kappa shape index (κ2) is 9.15. The molecule has 0 aliphatic heterocycles. The average molecular weight is 434 g/mol. The van der Waals surface area contributed by atoms with Crippen molar-refractivity contribution in [3.63, 3.8) is 0 Å². The fraction of sp³-hybridized carbons (Fsp3) is 0.200. The van der Waals surface area contributed by atoms with E-state index in [2.05, 4.69) is 21.9 Å². The summed E-state index contributed by atoms with van der Waals surface area (Å²) < 4.78 is 40.0. The Balaban J connectivity index is 1.54. The molecule has 0 radical (unpaired) electrons. The number of aryl methyl sites for hydroxylation is 2. The van der Waals surface area contributed by atoms with Gasteiger partial charge in [0.05, 0.1) is 10.6 Å². The van der Waals surface area contributed by atoms with E-state index >= 15 is 0 Å². The van der Waals surface area contributed by atoms with Crippen LogP contribution in [0, 0.1) is 5.82 Å². The maximum absolute atomic E-state index is 13.0. The van der Waals surface area contributed by atoms with E-state index < -0.39 is 15.8 Å². The van der Waals surface area contributed by atoms with Crippen LogP contribution in [0.3, 0.4) is 0 Å². The number of hydrogen-bond donors (Lipinski definition) is 2. The first-order chi connectivity index (χ1) is 13.9. The van der Waals surface area contributed by atoms with Crippen LogP contribution in [0.5, 0.6) is 0 Å². The molecule has 1 heterocycles. The maximum Gasteiger partial charge on any atom is 0.263 e. The van der Waals surface area contributed by atoms with Crippen LogP contribution >= 0.6 is 11.3 Å². The lowest BCUT2D eigenvalue weighted by Gasteiger charge is -2.06. The third-order valence-corrected chi connectivity index (χ3v) is 6.44. The van der Waals surface area contributed by atoms with Crippen molar-refractivity contribution in [2.45, 2.75) is 31.1 Å². The molecule has 0 aliphatic carbocycles. The zero-order chi connectivity index (χ0) is 20.9. The number of carbonyl (C=O) groups is 1. The Bertz CT molecular complexity index is 1080. The normalized spacial score (nSPS) is 11.2. The van der Waals surface area contributed by atoms with Crippen LogP contribution in [0.25, 0.3) is 0 Å². The van der Waals surface area contributed by atoms with Gasteiger partial charge in [-0.05, 0) is 54.8 Å². The zero-order valence-electron chi connectivity index (χ0n) is 15.7. The Labute approximate surface area is 172 Å². The number of halogens is 1. The van der Waals surface area contributed by atoms with Crippen molar-refractivity contribution >= 4 is 38.1 Å². The number of nitrogens with one attached hydrogen (secondary N) is 2. The molecule has 152 valence electrons. The molecule has 0 atom stereocenters. The molecule has 2 N–H and O–H groups in total. The fourth-order valence-electron chi connectivity index (χ4n) is 2.55. The van der Waals surface area contributed by atoms with E-state index in [4.69, 9.17) is 0 Å². The first-order valence-corrected chi connectivity index (χ1v) is 11.3. The first kappa shape index (κ1) is 20.9. The number of nitrogens with zero attached hydrogens (tertiary/aromatic N) is 1. The van der Waals surface area contributed by atoms with Crippen LogP contribution in [0.2, 0.25) is 0 Å². The summed E-state index contributed by atoms with van der Waals surface area (Å²) >= 11 is 1.13. The Hall–Kier alpha value is -2.78. The minimum atomic E-state index is -3.84. The second-order valence-electron chi connectivity index (χ2n) is 6.30. The third kappa shape index (κ3) is 5.85. The molecule has 6 nitrogen and oxygen atoms in total. The van der Waals surface area contributed by atoms with Gasteiger partial charge in [0.2, 0.25) is 5.91 Å². The smallest absolute Gasteiger partial charge is 0.263 e. The lowest BCUT2D eigenvalue weighted by Crippen LogP contribution is -2.13. The Morgan fingerprint density at radius 2 is 1.79 bits per heavy atom. The molecule has 0 bridgehead atoms. The molecular formula is C20H20FN3O3S2. The highest BCUT2D eigenvalue weighted by atomic mass is 32.2. The molecule has 9 heteroatoms. The molecule has 0 fully saturated rings. The summed E-state index contributed by atoms with van der Waals surface area (Å²) in [6.45, 7) is 2.06. The van der Waals surface area contributed by atoms with Gasteiger partial charge in [0.15, 0.2) is 5.13 Å². The summed E-state index contributed by atoms with van der Waals surface area (Å²) in [6, 6.07) is 12.2. The minimum Gasteiger partial charge on any atom is -0.326 e. The van der Waals surface area contributed by atoms with Crippen molar-refractivity contribution in [2.24, 2.45) is 0 Å². The Kier molecular flexibility index (Phi) is 6.60. The van der Waals surface area contributed by atoms with Gasteiger partial charge in [-0.2, -0.15) is 0 Å². The van der Waals surface area contributed by atoms with Gasteiger partial charge in [-0.25, -0.2) is 17.8 Å². The second-order valence-corrected chi connectivity index (χ2v) is 8.84. The summed E-state index contributed by atoms with van der Waals surface area (Å²) in [6.07, 6.45) is 1.54. The summed E-state index contributed by atoms with van der Waals surface area (Å²) in [5.74, 6) is -0.657. The highest BCUT2D eigenvalue weighted by Crippen LogP contribution is 2.21. The van der Waals surface area contributed by atoms with E-state index in [9.17, 15) is 17.6 Å². The van der Waals surface area contributed by atoms with Crippen molar-refractivity contribution in [1.29, 1.82) is 0 Å². The minimum absolute atomic E-state index is 0.0517. The highest BCUT2D eigenvalue weighted by molar-refractivity contribution is 7.93. The molecule has 1 amide bonds. The molecule has 3 rings (SSSR count). The molecule has 0 saturated carbocycles. The largest absolute Gasteiger partial charge is 0.326 e. The average Bonchev–Trinajstić information content (AvgIpc) is 3.14. The van der Waals surface area contributed by atoms with Crippen LogP contribution < -0.4 is 10.0 Å². The van der Waals surface area contributed by atoms with Gasteiger partial charge in [-0.3, -0.25) is 9.52 Å². The summed E-state index contributed by atoms with van der Waals surface area (Å²) in [5.41, 5.74) is 2.54. The van der Waals surface area contributed by atoms with E-state index in [1.54, 1.807) is 5.38 Å². The topological polar surface area (TPSA) is 88.2 Å². The molecule has 1 aromatic heterocycles. The van der Waals surface area contributed by atoms with Gasteiger partial charge in [0.25, 0.3) is 10.0 Å². The number of aromatic nitrogens is 1. The van der Waals surface area contributed by atoms with E-state index in [1.807, 2.05) is 24.3 Å². The Morgan fingerprint density at radius 3 is 2.45 bits per heavy atom. The van der Waals surface area contributed by atoms with E-state index in [1.165, 1.54) is 17.7 Å². The molecule has 0 unspecified atom stereocenters. The standard InChI is InChI=1S/C20H20FN3O3S2/c1-2-14-3-7-16(8-4-14)22-19(25)12-9-17-13-28-20(23-17)24-29(26,27)18-10-5-15(21)6-11-18/h3-8,10-11,13H,2,9,12H2,1H3,(H,22,25)(H,23,24). The number of thiazole rings is 1. The van der Waals surface area contributed by atoms with Gasteiger partial charge in [0.1, 0.15) is 5.82 Å². The molecule has 0 aliphatic rings. The number of anilines is 2. The summed E-state index contributed by atoms with van der Waals surface area (Å²) in [4.78, 5) is 16.3. The van der Waals surface area contributed by atoms with Crippen molar-refractivity contribution < 1.29 is 17.6 Å². The lowest BCUT2D eigenvalue weighted by molar-refractivity contribution is -0.116. The SMILES string of the molecule is CCc1ccc(NC(=O)CCc2csc(NS(=O)(=O)c3ccc(F)cc3)n2)cc1. The van der Waals surface area contributed by atoms with Crippen molar-refractivity contribution in [3.8, 4) is 0 Å². The van der Waals surface area contributed by atoms with Gasteiger partial charge in [-0.1, -0.05) is 19.1 Å². The van der Waals surface area contributed by atoms with Crippen LogP contribution in [-0.4, -0.2) is 19.3 Å². The molecule has 3 aromatic rings. The molecule has 29 heavy (non-hydrogen) atoms. The van der Waals surface area contributed by atoms with E-state index in [0.717, 1.165) is 35.6 Å². The zero-order valence-corrected chi connectivity index (χ0v) is 17.3. The van der Waals surface area contributed by atoms with Crippen LogP contribution in [0.1, 0.15) is 24.6 Å². The van der Waals surface area contributed by atoms with Crippen LogP contribution in [-0.2, 0) is 27.7 Å². The van der Waals surface area contributed by atoms with Crippen molar-refractivity contribution in [2.75, 3.05) is 10.0 Å². The number of sulfonamides is 1. The highest BCUT2D eigenvalue weighted by Gasteiger charge is 2.16. The van der Waals surface area contributed by atoms with E-state index in [0.29, 0.717) is 12.1 Å². The molecular weight excluding hydrogens is 413 g/mol. The van der Waals surface area contributed by atoms with Crippen molar-refractivity contribution in [3.05, 3.63) is 71.0 Å². The predicted molar refractivity (Wildman–Crippen MR) is 112 cm³/mol. The van der Waals surface area contributed by atoms with Crippen molar-refractivity contribution in [1.82, 2.24) is 4.98 Å². The van der Waals surface area contributed by atoms with Gasteiger partial charge in [-0.15, -0.1) is 11.3 Å². The predicted octanol–water partition coefficient (Wildman–Crippen LogP) is 4.22. The lowest BCUT2D eigenvalue weighted by atomic mass is 10.1.